The van der Waals surface area contributed by atoms with Gasteiger partial charge in [-0.15, -0.1) is 0 Å². The smallest absolute Gasteiger partial charge is 0.416 e. The molecule has 1 saturated heterocycles. The topological polar surface area (TPSA) is 54.9 Å². The number of benzene rings is 2. The van der Waals surface area contributed by atoms with E-state index in [-0.39, 0.29) is 5.91 Å². The van der Waals surface area contributed by atoms with Crippen LogP contribution in [-0.2, 0) is 12.8 Å². The van der Waals surface area contributed by atoms with Crippen molar-refractivity contribution >= 4 is 11.6 Å². The predicted octanol–water partition coefficient (Wildman–Crippen LogP) is 5.04. The van der Waals surface area contributed by atoms with E-state index in [1.165, 1.54) is 6.07 Å². The maximum atomic E-state index is 13.1. The number of alkyl halides is 3. The Morgan fingerprint density at radius 3 is 2.46 bits per heavy atom. The van der Waals surface area contributed by atoms with Gasteiger partial charge in [-0.05, 0) is 49.4 Å². The monoisotopic (exact) mass is 485 g/mol. The van der Waals surface area contributed by atoms with Crippen molar-refractivity contribution in [2.75, 3.05) is 37.7 Å². The molecule has 0 radical (unpaired) electrons. The third kappa shape index (κ3) is 6.03. The Labute approximate surface area is 201 Å². The number of carbonyl (C=O) groups excluding carboxylic acids is 1. The molecule has 0 saturated carbocycles. The van der Waals surface area contributed by atoms with Gasteiger partial charge in [-0.2, -0.15) is 13.2 Å². The van der Waals surface area contributed by atoms with Crippen LogP contribution in [0.3, 0.4) is 0 Å². The molecule has 3 aromatic rings. The number of carbonyl (C=O) groups is 1. The van der Waals surface area contributed by atoms with Crippen LogP contribution in [0, 0.1) is 0 Å². The lowest BCUT2D eigenvalue weighted by molar-refractivity contribution is -0.137. The first-order valence-corrected chi connectivity index (χ1v) is 11.3. The van der Waals surface area contributed by atoms with E-state index in [2.05, 4.69) is 4.98 Å². The van der Waals surface area contributed by atoms with E-state index in [4.69, 9.17) is 9.47 Å². The third-order valence-electron chi connectivity index (χ3n) is 5.71. The number of nitrogens with zero attached hydrogens (tertiary/aromatic N) is 3. The summed E-state index contributed by atoms with van der Waals surface area (Å²) in [5.74, 6) is 0.847. The van der Waals surface area contributed by atoms with Crippen molar-refractivity contribution in [3.8, 4) is 11.5 Å². The van der Waals surface area contributed by atoms with Crippen molar-refractivity contribution in [1.29, 1.82) is 0 Å². The summed E-state index contributed by atoms with van der Waals surface area (Å²) in [7, 11) is 0. The highest BCUT2D eigenvalue weighted by atomic mass is 19.4. The largest absolute Gasteiger partial charge is 0.490 e. The van der Waals surface area contributed by atoms with E-state index in [0.717, 1.165) is 17.7 Å². The molecule has 0 aliphatic carbocycles. The molecule has 4 rings (SSSR count). The van der Waals surface area contributed by atoms with Gasteiger partial charge in [0.25, 0.3) is 5.91 Å². The van der Waals surface area contributed by atoms with Crippen molar-refractivity contribution in [2.45, 2.75) is 19.7 Å². The fourth-order valence-corrected chi connectivity index (χ4v) is 3.90. The van der Waals surface area contributed by atoms with Gasteiger partial charge in [-0.3, -0.25) is 9.78 Å². The fraction of sp³-hybridized carbons (Fsp3) is 0.308. The molecule has 0 unspecified atom stereocenters. The Kier molecular flexibility index (Phi) is 7.43. The number of hydrogen-bond acceptors (Lipinski definition) is 5. The SMILES string of the molecule is CCOc1cc(C(=O)N2CCN(c3cccc(C(F)(F)F)c3)CC2)ccc1OCc1cccnc1. The van der Waals surface area contributed by atoms with E-state index in [1.807, 2.05) is 24.0 Å². The second-order valence-corrected chi connectivity index (χ2v) is 8.07. The van der Waals surface area contributed by atoms with E-state index in [0.29, 0.717) is 62.1 Å². The van der Waals surface area contributed by atoms with Crippen molar-refractivity contribution in [3.05, 3.63) is 83.7 Å². The lowest BCUT2D eigenvalue weighted by Gasteiger charge is -2.36. The number of ether oxygens (including phenoxy) is 2. The quantitative estimate of drug-likeness (QED) is 0.469. The number of amides is 1. The molecular formula is C26H26F3N3O3. The zero-order valence-electron chi connectivity index (χ0n) is 19.3. The van der Waals surface area contributed by atoms with Crippen LogP contribution in [0.1, 0.15) is 28.4 Å². The first-order chi connectivity index (χ1) is 16.8. The second-order valence-electron chi connectivity index (χ2n) is 8.07. The van der Waals surface area contributed by atoms with E-state index in [1.54, 1.807) is 41.6 Å². The van der Waals surface area contributed by atoms with Gasteiger partial charge in [0.1, 0.15) is 6.61 Å². The van der Waals surface area contributed by atoms with Crippen LogP contribution < -0.4 is 14.4 Å². The van der Waals surface area contributed by atoms with Gasteiger partial charge in [0.15, 0.2) is 11.5 Å². The number of piperazine rings is 1. The summed E-state index contributed by atoms with van der Waals surface area (Å²) >= 11 is 0. The molecule has 1 aliphatic rings. The molecule has 35 heavy (non-hydrogen) atoms. The second kappa shape index (κ2) is 10.7. The Balaban J connectivity index is 1.41. The Hall–Kier alpha value is -3.75. The summed E-state index contributed by atoms with van der Waals surface area (Å²) in [5.41, 5.74) is 1.20. The Morgan fingerprint density at radius 2 is 1.77 bits per heavy atom. The number of pyridine rings is 1. The highest BCUT2D eigenvalue weighted by Crippen LogP contribution is 2.32. The summed E-state index contributed by atoms with van der Waals surface area (Å²) < 4.78 is 50.7. The van der Waals surface area contributed by atoms with Crippen LogP contribution >= 0.6 is 0 Å². The highest BCUT2D eigenvalue weighted by molar-refractivity contribution is 5.95. The van der Waals surface area contributed by atoms with Gasteiger partial charge in [-0.25, -0.2) is 0 Å². The molecule has 6 nitrogen and oxygen atoms in total. The minimum atomic E-state index is -4.39. The standard InChI is InChI=1S/C26H26F3N3O3/c1-2-34-24-15-20(8-9-23(24)35-18-19-5-4-10-30-17-19)25(33)32-13-11-31(12-14-32)22-7-3-6-21(16-22)26(27,28)29/h3-10,15-17H,2,11-14,18H2,1H3. The first kappa shape index (κ1) is 24.4. The van der Waals surface area contributed by atoms with E-state index >= 15 is 0 Å². The number of aromatic nitrogens is 1. The molecule has 1 aromatic heterocycles. The Morgan fingerprint density at radius 1 is 0.971 bits per heavy atom. The van der Waals surface area contributed by atoms with Gasteiger partial charge in [0.05, 0.1) is 12.2 Å². The average Bonchev–Trinajstić information content (AvgIpc) is 2.88. The molecule has 2 aromatic carbocycles. The molecule has 0 bridgehead atoms. The summed E-state index contributed by atoms with van der Waals surface area (Å²) in [6.07, 6.45) is -0.980. The van der Waals surface area contributed by atoms with Gasteiger partial charge in [0.2, 0.25) is 0 Å². The molecule has 184 valence electrons. The van der Waals surface area contributed by atoms with Gasteiger partial charge < -0.3 is 19.3 Å². The van der Waals surface area contributed by atoms with Crippen molar-refractivity contribution in [1.82, 2.24) is 9.88 Å². The maximum absolute atomic E-state index is 13.1. The summed E-state index contributed by atoms with van der Waals surface area (Å²) in [6, 6.07) is 14.1. The summed E-state index contributed by atoms with van der Waals surface area (Å²) in [4.78, 5) is 20.8. The highest BCUT2D eigenvalue weighted by Gasteiger charge is 2.31. The minimum Gasteiger partial charge on any atom is -0.490 e. The maximum Gasteiger partial charge on any atom is 0.416 e. The van der Waals surface area contributed by atoms with E-state index in [9.17, 15) is 18.0 Å². The van der Waals surface area contributed by atoms with Crippen LogP contribution in [0.4, 0.5) is 18.9 Å². The lowest BCUT2D eigenvalue weighted by Crippen LogP contribution is -2.48. The molecule has 9 heteroatoms. The number of halogens is 3. The zero-order chi connectivity index (χ0) is 24.8. The van der Waals surface area contributed by atoms with Crippen LogP contribution in [0.25, 0.3) is 0 Å². The molecule has 0 N–H and O–H groups in total. The number of hydrogen-bond donors (Lipinski definition) is 0. The molecule has 0 atom stereocenters. The van der Waals surface area contributed by atoms with Crippen LogP contribution in [0.2, 0.25) is 0 Å². The van der Waals surface area contributed by atoms with Gasteiger partial charge >= 0.3 is 6.18 Å². The molecular weight excluding hydrogens is 459 g/mol. The summed E-state index contributed by atoms with van der Waals surface area (Å²) in [6.45, 7) is 4.27. The molecule has 1 fully saturated rings. The van der Waals surface area contributed by atoms with Crippen molar-refractivity contribution < 1.29 is 27.4 Å². The third-order valence-corrected chi connectivity index (χ3v) is 5.71. The van der Waals surface area contributed by atoms with Crippen molar-refractivity contribution in [3.63, 3.8) is 0 Å². The van der Waals surface area contributed by atoms with Crippen molar-refractivity contribution in [2.24, 2.45) is 0 Å². The Bertz CT molecular complexity index is 1150. The lowest BCUT2D eigenvalue weighted by atomic mass is 10.1. The van der Waals surface area contributed by atoms with Crippen LogP contribution in [0.5, 0.6) is 11.5 Å². The fourth-order valence-electron chi connectivity index (χ4n) is 3.90. The number of rotatable bonds is 7. The molecule has 0 spiro atoms. The zero-order valence-corrected chi connectivity index (χ0v) is 19.3. The minimum absolute atomic E-state index is 0.159. The predicted molar refractivity (Wildman–Crippen MR) is 126 cm³/mol. The summed E-state index contributed by atoms with van der Waals surface area (Å²) in [5, 5.41) is 0. The molecule has 1 amide bonds. The first-order valence-electron chi connectivity index (χ1n) is 11.3. The van der Waals surface area contributed by atoms with Gasteiger partial charge in [0, 0.05) is 55.4 Å². The molecule has 1 aliphatic heterocycles. The normalized spacial score (nSPS) is 14.1. The van der Waals surface area contributed by atoms with Gasteiger partial charge in [-0.1, -0.05) is 12.1 Å². The number of anilines is 1. The average molecular weight is 486 g/mol. The van der Waals surface area contributed by atoms with E-state index < -0.39 is 11.7 Å². The molecule has 2 heterocycles. The van der Waals surface area contributed by atoms with Crippen LogP contribution in [0.15, 0.2) is 67.0 Å². The van der Waals surface area contributed by atoms with Crippen LogP contribution in [-0.4, -0.2) is 48.6 Å².